The molecular formula is C14H17N3O3. The van der Waals surface area contributed by atoms with Crippen LogP contribution in [0.4, 0.5) is 0 Å². The predicted octanol–water partition coefficient (Wildman–Crippen LogP) is 1.61. The Morgan fingerprint density at radius 1 is 1.30 bits per heavy atom. The largest absolute Gasteiger partial charge is 0.493 e. The third kappa shape index (κ3) is 2.66. The summed E-state index contributed by atoms with van der Waals surface area (Å²) in [6.07, 6.45) is 0. The number of benzene rings is 1. The van der Waals surface area contributed by atoms with E-state index in [0.29, 0.717) is 18.3 Å². The van der Waals surface area contributed by atoms with E-state index in [1.807, 2.05) is 24.3 Å². The summed E-state index contributed by atoms with van der Waals surface area (Å²) < 4.78 is 15.9. The predicted molar refractivity (Wildman–Crippen MR) is 72.0 cm³/mol. The Balaban J connectivity index is 1.64. The normalized spacial score (nSPS) is 16.7. The molecule has 1 aromatic heterocycles. The quantitative estimate of drug-likeness (QED) is 0.892. The third-order valence-electron chi connectivity index (χ3n) is 3.24. The van der Waals surface area contributed by atoms with E-state index in [1.54, 1.807) is 0 Å². The summed E-state index contributed by atoms with van der Waals surface area (Å²) in [5.41, 5.74) is 6.45. The van der Waals surface area contributed by atoms with Gasteiger partial charge in [-0.05, 0) is 24.3 Å². The first-order chi connectivity index (χ1) is 9.68. The lowest BCUT2D eigenvalue weighted by Gasteiger charge is -2.37. The minimum absolute atomic E-state index is 0.141. The highest BCUT2D eigenvalue weighted by Gasteiger charge is 2.34. The molecule has 2 aromatic rings. The smallest absolute Gasteiger partial charge is 0.240 e. The van der Waals surface area contributed by atoms with E-state index in [4.69, 9.17) is 19.7 Å². The van der Waals surface area contributed by atoms with Gasteiger partial charge in [0.2, 0.25) is 11.7 Å². The van der Waals surface area contributed by atoms with Gasteiger partial charge in [-0.3, -0.25) is 0 Å². The maximum absolute atomic E-state index is 5.77. The maximum atomic E-state index is 5.77. The van der Waals surface area contributed by atoms with Crippen molar-refractivity contribution in [1.82, 2.24) is 10.1 Å². The Morgan fingerprint density at radius 2 is 2.05 bits per heavy atom. The van der Waals surface area contributed by atoms with E-state index >= 15 is 0 Å². The Morgan fingerprint density at radius 3 is 2.60 bits per heavy atom. The molecule has 1 aromatic carbocycles. The van der Waals surface area contributed by atoms with Crippen LogP contribution in [-0.4, -0.2) is 30.0 Å². The zero-order chi connectivity index (χ0) is 14.0. The van der Waals surface area contributed by atoms with Gasteiger partial charge >= 0.3 is 0 Å². The minimum atomic E-state index is 0.141. The van der Waals surface area contributed by atoms with Crippen molar-refractivity contribution >= 4 is 0 Å². The number of hydrogen-bond donors (Lipinski definition) is 1. The molecule has 0 unspecified atom stereocenters. The highest BCUT2D eigenvalue weighted by atomic mass is 16.5. The minimum Gasteiger partial charge on any atom is -0.493 e. The molecule has 2 N–H and O–H groups in total. The Bertz CT molecular complexity index is 576. The summed E-state index contributed by atoms with van der Waals surface area (Å²) in [7, 11) is 0. The SMILES string of the molecule is CC1(COc2ccc(-c3noc(CN)n3)cc2)COC1. The number of hydrogen-bond acceptors (Lipinski definition) is 6. The van der Waals surface area contributed by atoms with Crippen LogP contribution < -0.4 is 10.5 Å². The molecule has 0 spiro atoms. The van der Waals surface area contributed by atoms with E-state index in [1.165, 1.54) is 0 Å². The summed E-state index contributed by atoms with van der Waals surface area (Å²) in [6.45, 7) is 4.57. The molecule has 0 radical (unpaired) electrons. The molecule has 2 heterocycles. The zero-order valence-corrected chi connectivity index (χ0v) is 11.3. The summed E-state index contributed by atoms with van der Waals surface area (Å²) in [4.78, 5) is 4.18. The van der Waals surface area contributed by atoms with Crippen molar-refractivity contribution in [3.8, 4) is 17.1 Å². The second-order valence-electron chi connectivity index (χ2n) is 5.33. The van der Waals surface area contributed by atoms with Crippen LogP contribution in [0.2, 0.25) is 0 Å². The van der Waals surface area contributed by atoms with E-state index in [2.05, 4.69) is 17.1 Å². The highest BCUT2D eigenvalue weighted by Crippen LogP contribution is 2.28. The Kier molecular flexibility index (Phi) is 3.42. The van der Waals surface area contributed by atoms with Gasteiger partial charge in [0.15, 0.2) is 0 Å². The van der Waals surface area contributed by atoms with E-state index in [0.717, 1.165) is 24.5 Å². The van der Waals surface area contributed by atoms with Gasteiger partial charge in [0.1, 0.15) is 5.75 Å². The second-order valence-corrected chi connectivity index (χ2v) is 5.33. The summed E-state index contributed by atoms with van der Waals surface area (Å²) in [6, 6.07) is 7.60. The van der Waals surface area contributed by atoms with Gasteiger partial charge in [-0.15, -0.1) is 0 Å². The van der Waals surface area contributed by atoms with Crippen molar-refractivity contribution in [2.75, 3.05) is 19.8 Å². The first kappa shape index (κ1) is 13.1. The monoisotopic (exact) mass is 275 g/mol. The molecule has 0 aliphatic carbocycles. The van der Waals surface area contributed by atoms with Crippen LogP contribution in [0.3, 0.4) is 0 Å². The van der Waals surface area contributed by atoms with Gasteiger partial charge in [-0.25, -0.2) is 0 Å². The summed E-state index contributed by atoms with van der Waals surface area (Å²) >= 11 is 0. The summed E-state index contributed by atoms with van der Waals surface area (Å²) in [5.74, 6) is 1.79. The van der Waals surface area contributed by atoms with Crippen LogP contribution in [-0.2, 0) is 11.3 Å². The van der Waals surface area contributed by atoms with Gasteiger partial charge in [-0.2, -0.15) is 4.98 Å². The van der Waals surface area contributed by atoms with Gasteiger partial charge in [0.25, 0.3) is 0 Å². The molecule has 0 atom stereocenters. The lowest BCUT2D eigenvalue weighted by molar-refractivity contribution is -0.120. The number of nitrogens with zero attached hydrogens (tertiary/aromatic N) is 2. The fraction of sp³-hybridized carbons (Fsp3) is 0.429. The fourth-order valence-corrected chi connectivity index (χ4v) is 1.95. The molecule has 3 rings (SSSR count). The number of ether oxygens (including phenoxy) is 2. The maximum Gasteiger partial charge on any atom is 0.240 e. The van der Waals surface area contributed by atoms with Crippen molar-refractivity contribution in [1.29, 1.82) is 0 Å². The van der Waals surface area contributed by atoms with Crippen LogP contribution in [0.5, 0.6) is 5.75 Å². The molecule has 1 aliphatic rings. The van der Waals surface area contributed by atoms with Crippen molar-refractivity contribution < 1.29 is 14.0 Å². The average Bonchev–Trinajstić information content (AvgIpc) is 2.92. The number of nitrogens with two attached hydrogens (primary N) is 1. The molecule has 1 saturated heterocycles. The van der Waals surface area contributed by atoms with Crippen LogP contribution in [0.25, 0.3) is 11.4 Å². The van der Waals surface area contributed by atoms with Crippen molar-refractivity contribution in [3.63, 3.8) is 0 Å². The number of rotatable bonds is 5. The van der Waals surface area contributed by atoms with Crippen LogP contribution in [0.15, 0.2) is 28.8 Å². The lowest BCUT2D eigenvalue weighted by atomic mass is 9.90. The van der Waals surface area contributed by atoms with Crippen LogP contribution in [0.1, 0.15) is 12.8 Å². The van der Waals surface area contributed by atoms with E-state index in [-0.39, 0.29) is 12.0 Å². The summed E-state index contributed by atoms with van der Waals surface area (Å²) in [5, 5.41) is 3.87. The van der Waals surface area contributed by atoms with E-state index < -0.39 is 0 Å². The van der Waals surface area contributed by atoms with Gasteiger partial charge < -0.3 is 19.7 Å². The zero-order valence-electron chi connectivity index (χ0n) is 11.3. The average molecular weight is 275 g/mol. The molecule has 6 heteroatoms. The highest BCUT2D eigenvalue weighted by molar-refractivity contribution is 5.55. The Labute approximate surface area is 116 Å². The molecular weight excluding hydrogens is 258 g/mol. The fourth-order valence-electron chi connectivity index (χ4n) is 1.95. The van der Waals surface area contributed by atoms with Crippen LogP contribution in [0, 0.1) is 5.41 Å². The first-order valence-corrected chi connectivity index (χ1v) is 6.52. The molecule has 6 nitrogen and oxygen atoms in total. The number of aromatic nitrogens is 2. The standard InChI is InChI=1S/C14H17N3O3/c1-14(7-18-8-14)9-19-11-4-2-10(3-5-11)13-16-12(6-15)20-17-13/h2-5H,6-9,15H2,1H3. The molecule has 0 saturated carbocycles. The molecule has 1 aliphatic heterocycles. The molecule has 0 amide bonds. The Hall–Kier alpha value is -1.92. The van der Waals surface area contributed by atoms with Crippen LogP contribution >= 0.6 is 0 Å². The topological polar surface area (TPSA) is 83.4 Å². The van der Waals surface area contributed by atoms with Crippen molar-refractivity contribution in [3.05, 3.63) is 30.2 Å². The first-order valence-electron chi connectivity index (χ1n) is 6.52. The lowest BCUT2D eigenvalue weighted by Crippen LogP contribution is -2.44. The molecule has 106 valence electrons. The van der Waals surface area contributed by atoms with Gasteiger partial charge in [-0.1, -0.05) is 12.1 Å². The molecule has 20 heavy (non-hydrogen) atoms. The van der Waals surface area contributed by atoms with Crippen molar-refractivity contribution in [2.45, 2.75) is 13.5 Å². The molecule has 0 bridgehead atoms. The molecule has 1 fully saturated rings. The van der Waals surface area contributed by atoms with Gasteiger partial charge in [0.05, 0.1) is 26.4 Å². The third-order valence-corrected chi connectivity index (χ3v) is 3.24. The second kappa shape index (κ2) is 5.22. The van der Waals surface area contributed by atoms with Crippen molar-refractivity contribution in [2.24, 2.45) is 11.1 Å². The van der Waals surface area contributed by atoms with Gasteiger partial charge in [0, 0.05) is 11.0 Å². The van der Waals surface area contributed by atoms with E-state index in [9.17, 15) is 0 Å².